The summed E-state index contributed by atoms with van der Waals surface area (Å²) in [4.78, 5) is 7.20. The monoisotopic (exact) mass is 1780 g/mol. The number of hydrogen-bond donors (Lipinski definition) is 0. The highest BCUT2D eigenvalue weighted by Gasteiger charge is 2.28. The molecule has 0 saturated carbocycles. The number of thiophene rings is 3. The molecule has 0 amide bonds. The van der Waals surface area contributed by atoms with E-state index in [4.69, 9.17) is 0 Å². The number of para-hydroxylation sites is 8. The first-order chi connectivity index (χ1) is 67.0. The van der Waals surface area contributed by atoms with Crippen molar-refractivity contribution in [3.8, 4) is 72.7 Å². The molecule has 0 aliphatic carbocycles. The van der Waals surface area contributed by atoms with E-state index in [0.29, 0.717) is 0 Å². The second-order valence-electron chi connectivity index (χ2n) is 33.8. The zero-order valence-electron chi connectivity index (χ0n) is 73.6. The number of aromatic nitrogens is 3. The van der Waals surface area contributed by atoms with Gasteiger partial charge < -0.3 is 28.4 Å². The molecule has 0 aliphatic rings. The highest BCUT2D eigenvalue weighted by atomic mass is 32.1. The average molecular weight is 1780 g/mol. The van der Waals surface area contributed by atoms with E-state index in [1.165, 1.54) is 183 Å². The van der Waals surface area contributed by atoms with Gasteiger partial charge in [0.15, 0.2) is 0 Å². The maximum absolute atomic E-state index is 2.43. The fourth-order valence-corrected chi connectivity index (χ4v) is 23.5. The van der Waals surface area contributed by atoms with E-state index < -0.39 is 0 Å². The molecule has 9 heteroatoms. The van der Waals surface area contributed by atoms with Crippen LogP contribution in [0.15, 0.2) is 522 Å². The second-order valence-corrected chi connectivity index (χ2v) is 36.8. The van der Waals surface area contributed by atoms with Gasteiger partial charge >= 0.3 is 0 Å². The molecule has 0 unspecified atom stereocenters. The Morgan fingerprint density at radius 1 is 0.133 bits per heavy atom. The SMILES string of the molecule is c1ccc(-c2ccc(-c3ccc(N(c4ccccc4)c4cccc5c4sc4c6ccccc6n(-c6ccccc6)c54)cc3)cc2)cc1.c1ccc(-c2ccc(N(c3ccc(-c4ccccc4)cc3)c3cccc4c3sc3c5ccccc5n(-c5ccccc5)c43)cc2)cc1.c1ccc(-c2ccc(N(c3ccccc3)c3cccc4c3sc3c5ccccc5n(-c5ccccc5)c43)cc2)cc1. The van der Waals surface area contributed by atoms with Crippen LogP contribution in [0, 0.1) is 0 Å². The maximum atomic E-state index is 2.43. The predicted molar refractivity (Wildman–Crippen MR) is 580 cm³/mol. The molecule has 0 saturated heterocycles. The van der Waals surface area contributed by atoms with Crippen molar-refractivity contribution >= 4 is 179 Å². The molecule has 20 aromatic carbocycles. The highest BCUT2D eigenvalue weighted by molar-refractivity contribution is 7.28. The summed E-state index contributed by atoms with van der Waals surface area (Å²) in [5.41, 5.74) is 33.5. The third kappa shape index (κ3) is 15.1. The van der Waals surface area contributed by atoms with Gasteiger partial charge in [-0.25, -0.2) is 0 Å². The van der Waals surface area contributed by atoms with Gasteiger partial charge in [-0.15, -0.1) is 34.0 Å². The van der Waals surface area contributed by atoms with Gasteiger partial charge in [-0.3, -0.25) is 0 Å². The van der Waals surface area contributed by atoms with Crippen LogP contribution in [0.5, 0.6) is 0 Å². The van der Waals surface area contributed by atoms with Crippen molar-refractivity contribution in [1.82, 2.24) is 13.7 Å². The van der Waals surface area contributed by atoms with Gasteiger partial charge in [0.25, 0.3) is 0 Å². The Hall–Kier alpha value is -16.9. The van der Waals surface area contributed by atoms with E-state index in [1.54, 1.807) is 0 Å². The molecule has 135 heavy (non-hydrogen) atoms. The van der Waals surface area contributed by atoms with Gasteiger partial charge in [-0.2, -0.15) is 0 Å². The summed E-state index contributed by atoms with van der Waals surface area (Å²) in [7, 11) is 0. The van der Waals surface area contributed by atoms with Crippen molar-refractivity contribution < 1.29 is 0 Å². The molecule has 638 valence electrons. The van der Waals surface area contributed by atoms with Crippen LogP contribution in [-0.2, 0) is 0 Å². The van der Waals surface area contributed by atoms with Crippen molar-refractivity contribution in [3.63, 3.8) is 0 Å². The van der Waals surface area contributed by atoms with Crippen LogP contribution >= 0.6 is 34.0 Å². The van der Waals surface area contributed by atoms with Crippen molar-refractivity contribution in [2.45, 2.75) is 0 Å². The summed E-state index contributed by atoms with van der Waals surface area (Å²) in [6.45, 7) is 0. The van der Waals surface area contributed by atoms with Gasteiger partial charge in [-0.1, -0.05) is 376 Å². The number of nitrogens with zero attached hydrogens (tertiary/aromatic N) is 6. The Kier molecular flexibility index (Phi) is 21.5. The van der Waals surface area contributed by atoms with Crippen LogP contribution in [-0.4, -0.2) is 13.7 Å². The van der Waals surface area contributed by atoms with Crippen molar-refractivity contribution in [2.24, 2.45) is 0 Å². The molecule has 0 fully saturated rings. The van der Waals surface area contributed by atoms with Crippen LogP contribution in [0.4, 0.5) is 51.2 Å². The van der Waals surface area contributed by atoms with Crippen LogP contribution in [0.1, 0.15) is 0 Å². The highest BCUT2D eigenvalue weighted by Crippen LogP contribution is 2.54. The van der Waals surface area contributed by atoms with Crippen molar-refractivity contribution in [2.75, 3.05) is 14.7 Å². The molecular formula is C126H86N6S3. The molecule has 0 radical (unpaired) electrons. The van der Waals surface area contributed by atoms with Gasteiger partial charge in [0, 0.05) is 83.5 Å². The quantitative estimate of drug-likeness (QED) is 0.0908. The number of anilines is 9. The fourth-order valence-electron chi connectivity index (χ4n) is 19.5. The Morgan fingerprint density at radius 2 is 0.311 bits per heavy atom. The standard InChI is InChI=1S/2C44H30N2S.C38H26N2S/c1-4-13-31(14-5-1)33-23-27-36(28-24-33)45(37-29-25-34(26-30-37)32-15-6-2-7-16-32)41-22-12-20-39-42-44(47-43(39)41)38-19-10-11-21-40(38)46(42)35-17-8-3-9-18-35;1-4-13-31(14-5-1)32-23-25-33(26-24-32)34-27-29-37(30-28-34)45(35-15-6-2-7-16-35)41-22-12-20-39-42-44(47-43(39)41)38-19-10-11-21-40(38)46(42)36-17-8-3-9-18-36;1-4-13-27(14-5-1)28-23-25-31(26-24-28)39(29-15-6-2-7-16-29)35-22-12-20-33-36-38(41-37(33)35)32-19-10-11-21-34(32)40(36)30-17-8-3-9-18-30/h2*1-30H;1-26H. The lowest BCUT2D eigenvalue weighted by molar-refractivity contribution is 1.19. The molecule has 6 heterocycles. The minimum Gasteiger partial charge on any atom is -0.309 e. The third-order valence-electron chi connectivity index (χ3n) is 25.8. The van der Waals surface area contributed by atoms with Crippen LogP contribution in [0.25, 0.3) is 166 Å². The Labute approximate surface area is 795 Å². The number of hydrogen-bond acceptors (Lipinski definition) is 6. The number of fused-ring (bicyclic) bond motifs is 15. The van der Waals surface area contributed by atoms with E-state index in [1.807, 2.05) is 34.0 Å². The molecule has 0 bridgehead atoms. The third-order valence-corrected chi connectivity index (χ3v) is 29.5. The van der Waals surface area contributed by atoms with E-state index in [-0.39, 0.29) is 0 Å². The lowest BCUT2D eigenvalue weighted by atomic mass is 10.00. The molecule has 0 spiro atoms. The first-order valence-electron chi connectivity index (χ1n) is 45.8. The molecule has 6 aromatic heterocycles. The zero-order chi connectivity index (χ0) is 89.5. The van der Waals surface area contributed by atoms with Crippen LogP contribution in [0.2, 0.25) is 0 Å². The lowest BCUT2D eigenvalue weighted by Gasteiger charge is -2.26. The lowest BCUT2D eigenvalue weighted by Crippen LogP contribution is -2.10. The zero-order valence-corrected chi connectivity index (χ0v) is 76.0. The molecule has 0 atom stereocenters. The van der Waals surface area contributed by atoms with E-state index in [0.717, 1.165) is 34.1 Å². The Bertz CT molecular complexity index is 8620. The maximum Gasteiger partial charge on any atom is 0.0728 e. The summed E-state index contributed by atoms with van der Waals surface area (Å²) >= 11 is 5.66. The summed E-state index contributed by atoms with van der Waals surface area (Å²) < 4.78 is 15.1. The number of rotatable bonds is 17. The topological polar surface area (TPSA) is 24.5 Å². The minimum absolute atomic E-state index is 1.12. The van der Waals surface area contributed by atoms with Crippen molar-refractivity contribution in [1.29, 1.82) is 0 Å². The van der Waals surface area contributed by atoms with Crippen LogP contribution < -0.4 is 14.7 Å². The Balaban J connectivity index is 0.000000111. The predicted octanol–water partition coefficient (Wildman–Crippen LogP) is 36.7. The van der Waals surface area contributed by atoms with Crippen LogP contribution in [0.3, 0.4) is 0 Å². The van der Waals surface area contributed by atoms with Gasteiger partial charge in [-0.05, 0) is 201 Å². The molecule has 0 aliphatic heterocycles. The van der Waals surface area contributed by atoms with E-state index >= 15 is 0 Å². The second kappa shape index (κ2) is 35.7. The average Bonchev–Trinajstić information content (AvgIpc) is 1.53. The summed E-state index contributed by atoms with van der Waals surface area (Å²) in [6.07, 6.45) is 0. The summed E-state index contributed by atoms with van der Waals surface area (Å²) in [5.74, 6) is 0. The molecule has 26 rings (SSSR count). The molecule has 0 N–H and O–H groups in total. The van der Waals surface area contributed by atoms with E-state index in [9.17, 15) is 0 Å². The molecule has 6 nitrogen and oxygen atoms in total. The minimum atomic E-state index is 1.12. The van der Waals surface area contributed by atoms with Gasteiger partial charge in [0.1, 0.15) is 0 Å². The van der Waals surface area contributed by atoms with Gasteiger partial charge in [0.2, 0.25) is 0 Å². The summed E-state index contributed by atoms with van der Waals surface area (Å²) in [6, 6.07) is 187. The summed E-state index contributed by atoms with van der Waals surface area (Å²) in [5, 5.41) is 7.64. The molecule has 26 aromatic rings. The van der Waals surface area contributed by atoms with Gasteiger partial charge in [0.05, 0.1) is 78.4 Å². The molecular weight excluding hydrogens is 1690 g/mol. The Morgan fingerprint density at radius 3 is 0.548 bits per heavy atom. The van der Waals surface area contributed by atoms with E-state index in [2.05, 4.69) is 550 Å². The fraction of sp³-hybridized carbons (Fsp3) is 0. The largest absolute Gasteiger partial charge is 0.309 e. The smallest absolute Gasteiger partial charge is 0.0728 e. The first kappa shape index (κ1) is 81.3. The first-order valence-corrected chi connectivity index (χ1v) is 48.2. The normalized spacial score (nSPS) is 11.4. The number of benzene rings is 20. The van der Waals surface area contributed by atoms with Crippen molar-refractivity contribution in [3.05, 3.63) is 522 Å².